The summed E-state index contributed by atoms with van der Waals surface area (Å²) in [7, 11) is 2.21. The summed E-state index contributed by atoms with van der Waals surface area (Å²) in [5.41, 5.74) is 1.29. The average molecular weight is 349 g/mol. The number of carbonyl (C=O) groups excluding carboxylic acids is 1. The highest BCUT2D eigenvalue weighted by molar-refractivity contribution is 6.34. The maximum absolute atomic E-state index is 12.9. The van der Waals surface area contributed by atoms with Crippen LogP contribution in [0.5, 0.6) is 5.75 Å². The highest BCUT2D eigenvalue weighted by Crippen LogP contribution is 2.41. The van der Waals surface area contributed by atoms with E-state index in [1.807, 2.05) is 26.0 Å². The van der Waals surface area contributed by atoms with Gasteiger partial charge >= 0.3 is 0 Å². The van der Waals surface area contributed by atoms with Crippen LogP contribution in [0.1, 0.15) is 55.5 Å². The standard InChI is InChI=1S/C19H25ClN2O2/c1-19(2)10-11-4-7-15(20)16(17(11)24-19)18(23)21-12-8-13-5-6-14(9-12)22(13)3/h4,7,12-14H,5-6,8-10H2,1-3H3,(H,21,23)/t12?,13-,14+. The molecule has 0 aliphatic carbocycles. The molecular weight excluding hydrogens is 324 g/mol. The smallest absolute Gasteiger partial charge is 0.256 e. The van der Waals surface area contributed by atoms with E-state index in [4.69, 9.17) is 16.3 Å². The Kier molecular flexibility index (Phi) is 3.81. The van der Waals surface area contributed by atoms with Gasteiger partial charge < -0.3 is 15.0 Å². The predicted molar refractivity (Wildman–Crippen MR) is 94.9 cm³/mol. The third-order valence-corrected chi connectivity index (χ3v) is 6.16. The quantitative estimate of drug-likeness (QED) is 0.890. The molecule has 0 saturated carbocycles. The van der Waals surface area contributed by atoms with Gasteiger partial charge in [0.05, 0.1) is 5.02 Å². The van der Waals surface area contributed by atoms with Crippen LogP contribution >= 0.6 is 11.6 Å². The molecule has 4 nitrogen and oxygen atoms in total. The van der Waals surface area contributed by atoms with Crippen LogP contribution in [0, 0.1) is 0 Å². The van der Waals surface area contributed by atoms with Crippen LogP contribution in [0.3, 0.4) is 0 Å². The fraction of sp³-hybridized carbons (Fsp3) is 0.632. The van der Waals surface area contributed by atoms with Crippen LogP contribution in [0.25, 0.3) is 0 Å². The molecule has 3 aliphatic rings. The predicted octanol–water partition coefficient (Wildman–Crippen LogP) is 3.41. The van der Waals surface area contributed by atoms with Crippen LogP contribution in [-0.4, -0.2) is 41.6 Å². The summed E-state index contributed by atoms with van der Waals surface area (Å²) >= 11 is 6.36. The third kappa shape index (κ3) is 2.70. The highest BCUT2D eigenvalue weighted by Gasteiger charge is 2.40. The molecule has 1 amide bonds. The van der Waals surface area contributed by atoms with Crippen LogP contribution in [-0.2, 0) is 6.42 Å². The molecule has 130 valence electrons. The minimum atomic E-state index is -0.283. The van der Waals surface area contributed by atoms with E-state index in [9.17, 15) is 4.79 Å². The summed E-state index contributed by atoms with van der Waals surface area (Å²) < 4.78 is 6.03. The maximum Gasteiger partial charge on any atom is 0.256 e. The normalized spacial score (nSPS) is 30.8. The van der Waals surface area contributed by atoms with E-state index in [0.29, 0.717) is 28.4 Å². The molecule has 3 atom stereocenters. The molecule has 0 spiro atoms. The molecule has 0 radical (unpaired) electrons. The number of nitrogens with one attached hydrogen (secondary N) is 1. The molecule has 3 heterocycles. The molecule has 1 aromatic rings. The van der Waals surface area contributed by atoms with Gasteiger partial charge in [-0.05, 0) is 58.2 Å². The molecule has 0 aromatic heterocycles. The Bertz CT molecular complexity index is 674. The number of benzene rings is 1. The lowest BCUT2D eigenvalue weighted by Gasteiger charge is -2.36. The van der Waals surface area contributed by atoms with Gasteiger partial charge in [-0.15, -0.1) is 0 Å². The van der Waals surface area contributed by atoms with E-state index in [1.165, 1.54) is 12.8 Å². The zero-order valence-corrected chi connectivity index (χ0v) is 15.3. The number of amides is 1. The molecule has 24 heavy (non-hydrogen) atoms. The zero-order valence-electron chi connectivity index (χ0n) is 14.6. The number of hydrogen-bond donors (Lipinski definition) is 1. The fourth-order valence-electron chi connectivity index (χ4n) is 4.63. The van der Waals surface area contributed by atoms with E-state index in [0.717, 1.165) is 24.8 Å². The van der Waals surface area contributed by atoms with Crippen molar-refractivity contribution in [2.75, 3.05) is 7.05 Å². The molecule has 1 aromatic carbocycles. The number of carbonyl (C=O) groups is 1. The van der Waals surface area contributed by atoms with Crippen molar-refractivity contribution in [3.8, 4) is 5.75 Å². The molecule has 3 aliphatic heterocycles. The topological polar surface area (TPSA) is 41.6 Å². The summed E-state index contributed by atoms with van der Waals surface area (Å²) in [5, 5.41) is 3.70. The number of ether oxygens (including phenoxy) is 1. The average Bonchev–Trinajstić information content (AvgIpc) is 2.89. The van der Waals surface area contributed by atoms with Crippen LogP contribution in [0.2, 0.25) is 5.02 Å². The minimum absolute atomic E-state index is 0.0940. The number of halogens is 1. The number of nitrogens with zero attached hydrogens (tertiary/aromatic N) is 1. The van der Waals surface area contributed by atoms with Crippen molar-refractivity contribution in [3.63, 3.8) is 0 Å². The van der Waals surface area contributed by atoms with Gasteiger partial charge in [-0.2, -0.15) is 0 Å². The number of hydrogen-bond acceptors (Lipinski definition) is 3. The molecule has 1 N–H and O–H groups in total. The van der Waals surface area contributed by atoms with Gasteiger partial charge in [-0.3, -0.25) is 4.79 Å². The van der Waals surface area contributed by atoms with E-state index in [-0.39, 0.29) is 17.6 Å². The fourth-order valence-corrected chi connectivity index (χ4v) is 4.86. The van der Waals surface area contributed by atoms with Crippen molar-refractivity contribution in [2.24, 2.45) is 0 Å². The number of fused-ring (bicyclic) bond motifs is 3. The van der Waals surface area contributed by atoms with E-state index >= 15 is 0 Å². The van der Waals surface area contributed by atoms with Gasteiger partial charge in [-0.1, -0.05) is 17.7 Å². The van der Waals surface area contributed by atoms with Gasteiger partial charge in [-0.25, -0.2) is 0 Å². The highest BCUT2D eigenvalue weighted by atomic mass is 35.5. The van der Waals surface area contributed by atoms with Crippen LogP contribution < -0.4 is 10.1 Å². The molecule has 2 fully saturated rings. The van der Waals surface area contributed by atoms with Crippen molar-refractivity contribution >= 4 is 17.5 Å². The van der Waals surface area contributed by atoms with Gasteiger partial charge in [0.1, 0.15) is 16.9 Å². The molecule has 4 rings (SSSR count). The van der Waals surface area contributed by atoms with Gasteiger partial charge in [0.2, 0.25) is 0 Å². The lowest BCUT2D eigenvalue weighted by Crippen LogP contribution is -2.48. The van der Waals surface area contributed by atoms with Crippen molar-refractivity contribution in [1.82, 2.24) is 10.2 Å². The van der Waals surface area contributed by atoms with Crippen LogP contribution in [0.15, 0.2) is 12.1 Å². The van der Waals surface area contributed by atoms with Crippen LogP contribution in [0.4, 0.5) is 0 Å². The van der Waals surface area contributed by atoms with E-state index in [1.54, 1.807) is 0 Å². The second-order valence-electron chi connectivity index (χ2n) is 8.14. The Morgan fingerprint density at radius 1 is 1.29 bits per heavy atom. The Hall–Kier alpha value is -1.26. The molecule has 2 bridgehead atoms. The Labute approximate surface area is 148 Å². The monoisotopic (exact) mass is 348 g/mol. The van der Waals surface area contributed by atoms with Crippen molar-refractivity contribution < 1.29 is 9.53 Å². The summed E-state index contributed by atoms with van der Waals surface area (Å²) in [4.78, 5) is 15.4. The first-order valence-corrected chi connectivity index (χ1v) is 9.25. The first-order valence-electron chi connectivity index (χ1n) is 8.87. The maximum atomic E-state index is 12.9. The lowest BCUT2D eigenvalue weighted by atomic mass is 9.97. The van der Waals surface area contributed by atoms with E-state index in [2.05, 4.69) is 17.3 Å². The second-order valence-corrected chi connectivity index (χ2v) is 8.55. The Balaban J connectivity index is 1.55. The van der Waals surface area contributed by atoms with Gasteiger partial charge in [0.25, 0.3) is 5.91 Å². The largest absolute Gasteiger partial charge is 0.486 e. The molecule has 5 heteroatoms. The van der Waals surface area contributed by atoms with E-state index < -0.39 is 0 Å². The number of rotatable bonds is 2. The van der Waals surface area contributed by atoms with Crippen molar-refractivity contribution in [2.45, 2.75) is 69.7 Å². The summed E-state index contributed by atoms with van der Waals surface area (Å²) in [5.74, 6) is 0.574. The third-order valence-electron chi connectivity index (χ3n) is 5.84. The minimum Gasteiger partial charge on any atom is -0.486 e. The second kappa shape index (κ2) is 5.63. The summed E-state index contributed by atoms with van der Waals surface area (Å²) in [6, 6.07) is 5.21. The Morgan fingerprint density at radius 3 is 2.62 bits per heavy atom. The first kappa shape index (κ1) is 16.2. The van der Waals surface area contributed by atoms with Crippen molar-refractivity contribution in [3.05, 3.63) is 28.3 Å². The van der Waals surface area contributed by atoms with Gasteiger partial charge in [0.15, 0.2) is 0 Å². The summed E-state index contributed by atoms with van der Waals surface area (Å²) in [6.45, 7) is 4.08. The molecule has 2 saturated heterocycles. The lowest BCUT2D eigenvalue weighted by molar-refractivity contribution is 0.0871. The molecule has 1 unspecified atom stereocenters. The summed E-state index contributed by atoms with van der Waals surface area (Å²) in [6.07, 6.45) is 5.34. The number of piperidine rings is 1. The van der Waals surface area contributed by atoms with Crippen molar-refractivity contribution in [1.29, 1.82) is 0 Å². The SMILES string of the molecule is CN1[C@@H]2CC[C@H]1CC(NC(=O)c1c(Cl)ccc3c1OC(C)(C)C3)C2. The van der Waals surface area contributed by atoms with Gasteiger partial charge in [0, 0.05) is 24.5 Å². The molecular formula is C19H25ClN2O2. The first-order chi connectivity index (χ1) is 11.3. The zero-order chi connectivity index (χ0) is 17.1. The Morgan fingerprint density at radius 2 is 1.96 bits per heavy atom.